The van der Waals surface area contributed by atoms with Gasteiger partial charge in [-0.1, -0.05) is 12.1 Å². The predicted molar refractivity (Wildman–Crippen MR) is 87.7 cm³/mol. The molecular formula is C18H21NO3. The molecule has 22 heavy (non-hydrogen) atoms. The summed E-state index contributed by atoms with van der Waals surface area (Å²) in [6, 6.07) is 14.0. The van der Waals surface area contributed by atoms with Gasteiger partial charge in [-0.05, 0) is 37.1 Å². The molecule has 0 unspecified atom stereocenters. The van der Waals surface area contributed by atoms with Crippen LogP contribution in [-0.2, 0) is 0 Å². The Kier molecular flexibility index (Phi) is 4.37. The Morgan fingerprint density at radius 3 is 2.36 bits per heavy atom. The van der Waals surface area contributed by atoms with Crippen LogP contribution in [0.2, 0.25) is 0 Å². The van der Waals surface area contributed by atoms with Gasteiger partial charge < -0.3 is 19.1 Å². The SMILES string of the molecule is COc1ccc2c(c1)OCCCCOc1ccccc1N2C. The molecule has 1 aliphatic rings. The molecule has 0 N–H and O–H groups in total. The van der Waals surface area contributed by atoms with Crippen molar-refractivity contribution in [2.75, 3.05) is 32.3 Å². The Bertz CT molecular complexity index is 642. The Morgan fingerprint density at radius 1 is 0.909 bits per heavy atom. The van der Waals surface area contributed by atoms with Crippen LogP contribution >= 0.6 is 0 Å². The fourth-order valence-corrected chi connectivity index (χ4v) is 2.57. The quantitative estimate of drug-likeness (QED) is 0.796. The van der Waals surface area contributed by atoms with E-state index in [9.17, 15) is 0 Å². The Hall–Kier alpha value is -2.36. The van der Waals surface area contributed by atoms with E-state index in [0.29, 0.717) is 13.2 Å². The van der Waals surface area contributed by atoms with Crippen molar-refractivity contribution >= 4 is 11.4 Å². The highest BCUT2D eigenvalue weighted by Crippen LogP contribution is 2.39. The molecule has 4 nitrogen and oxygen atoms in total. The Balaban J connectivity index is 2.06. The number of para-hydroxylation sites is 2. The molecular weight excluding hydrogens is 278 g/mol. The first-order valence-corrected chi connectivity index (χ1v) is 7.56. The molecule has 0 atom stereocenters. The molecule has 0 bridgehead atoms. The normalized spacial score (nSPS) is 14.7. The summed E-state index contributed by atoms with van der Waals surface area (Å²) >= 11 is 0. The molecule has 0 aromatic heterocycles. The van der Waals surface area contributed by atoms with Crippen molar-refractivity contribution in [3.8, 4) is 17.2 Å². The number of nitrogens with zero attached hydrogens (tertiary/aromatic N) is 1. The Labute approximate surface area is 131 Å². The molecule has 0 saturated carbocycles. The smallest absolute Gasteiger partial charge is 0.146 e. The van der Waals surface area contributed by atoms with Gasteiger partial charge in [0.1, 0.15) is 17.2 Å². The first kappa shape index (κ1) is 14.6. The van der Waals surface area contributed by atoms with Gasteiger partial charge in [0.05, 0.1) is 31.7 Å². The van der Waals surface area contributed by atoms with Crippen LogP contribution < -0.4 is 19.1 Å². The molecule has 0 saturated heterocycles. The number of fused-ring (bicyclic) bond motifs is 2. The number of rotatable bonds is 1. The fourth-order valence-electron chi connectivity index (χ4n) is 2.57. The maximum absolute atomic E-state index is 5.97. The highest BCUT2D eigenvalue weighted by atomic mass is 16.5. The maximum Gasteiger partial charge on any atom is 0.146 e. The van der Waals surface area contributed by atoms with Crippen molar-refractivity contribution in [2.24, 2.45) is 0 Å². The van der Waals surface area contributed by atoms with E-state index in [1.807, 2.05) is 43.4 Å². The molecule has 1 aliphatic heterocycles. The maximum atomic E-state index is 5.97. The number of hydrogen-bond acceptors (Lipinski definition) is 4. The minimum absolute atomic E-state index is 0.674. The summed E-state index contributed by atoms with van der Waals surface area (Å²) in [6.07, 6.45) is 1.93. The first-order valence-electron chi connectivity index (χ1n) is 7.56. The van der Waals surface area contributed by atoms with Crippen LogP contribution in [0.1, 0.15) is 12.8 Å². The van der Waals surface area contributed by atoms with Gasteiger partial charge in [-0.2, -0.15) is 0 Å². The van der Waals surface area contributed by atoms with Gasteiger partial charge in [0, 0.05) is 13.1 Å². The zero-order valence-corrected chi connectivity index (χ0v) is 13.0. The first-order chi connectivity index (χ1) is 10.8. The van der Waals surface area contributed by atoms with E-state index >= 15 is 0 Å². The lowest BCUT2D eigenvalue weighted by Gasteiger charge is -2.24. The number of hydrogen-bond donors (Lipinski definition) is 0. The lowest BCUT2D eigenvalue weighted by Crippen LogP contribution is -2.12. The lowest BCUT2D eigenvalue weighted by atomic mass is 10.2. The van der Waals surface area contributed by atoms with Crippen LogP contribution in [0, 0.1) is 0 Å². The monoisotopic (exact) mass is 299 g/mol. The topological polar surface area (TPSA) is 30.9 Å². The van der Waals surface area contributed by atoms with E-state index < -0.39 is 0 Å². The third kappa shape index (κ3) is 2.96. The second-order valence-electron chi connectivity index (χ2n) is 5.26. The molecule has 1 heterocycles. The Morgan fingerprint density at radius 2 is 1.59 bits per heavy atom. The molecule has 3 rings (SSSR count). The predicted octanol–water partition coefficient (Wildman–Crippen LogP) is 4.01. The summed E-state index contributed by atoms with van der Waals surface area (Å²) in [7, 11) is 3.69. The van der Waals surface area contributed by atoms with E-state index in [-0.39, 0.29) is 0 Å². The largest absolute Gasteiger partial charge is 0.497 e. The van der Waals surface area contributed by atoms with Crippen LogP contribution in [0.3, 0.4) is 0 Å². The van der Waals surface area contributed by atoms with Crippen LogP contribution in [0.4, 0.5) is 11.4 Å². The zero-order chi connectivity index (χ0) is 15.4. The van der Waals surface area contributed by atoms with Crippen LogP contribution in [0.5, 0.6) is 17.2 Å². The number of anilines is 2. The molecule has 116 valence electrons. The molecule has 0 aliphatic carbocycles. The minimum atomic E-state index is 0.674. The van der Waals surface area contributed by atoms with Crippen LogP contribution in [0.25, 0.3) is 0 Å². The molecule has 0 fully saturated rings. The number of methoxy groups -OCH3 is 1. The van der Waals surface area contributed by atoms with E-state index in [1.54, 1.807) is 7.11 Å². The van der Waals surface area contributed by atoms with Crippen molar-refractivity contribution in [2.45, 2.75) is 12.8 Å². The van der Waals surface area contributed by atoms with E-state index in [0.717, 1.165) is 41.5 Å². The summed E-state index contributed by atoms with van der Waals surface area (Å²) in [4.78, 5) is 2.09. The van der Waals surface area contributed by atoms with E-state index in [4.69, 9.17) is 14.2 Å². The minimum Gasteiger partial charge on any atom is -0.497 e. The molecule has 2 aromatic rings. The standard InChI is InChI=1S/C18H21NO3/c1-19-15-7-3-4-8-17(15)21-11-5-6-12-22-18-13-14(20-2)9-10-16(18)19/h3-4,7-10,13H,5-6,11-12H2,1-2H3. The molecule has 0 amide bonds. The summed E-state index contributed by atoms with van der Waals surface area (Å²) in [5.41, 5.74) is 2.03. The van der Waals surface area contributed by atoms with Gasteiger partial charge in [0.2, 0.25) is 0 Å². The second kappa shape index (κ2) is 6.60. The van der Waals surface area contributed by atoms with Gasteiger partial charge >= 0.3 is 0 Å². The third-order valence-corrected chi connectivity index (χ3v) is 3.81. The average Bonchev–Trinajstić information content (AvgIpc) is 2.59. The van der Waals surface area contributed by atoms with Gasteiger partial charge in [-0.25, -0.2) is 0 Å². The highest BCUT2D eigenvalue weighted by molar-refractivity contribution is 5.73. The zero-order valence-electron chi connectivity index (χ0n) is 13.0. The summed E-state index contributed by atoms with van der Waals surface area (Å²) in [5, 5.41) is 0. The third-order valence-electron chi connectivity index (χ3n) is 3.81. The van der Waals surface area contributed by atoms with Crippen molar-refractivity contribution in [3.05, 3.63) is 42.5 Å². The van der Waals surface area contributed by atoms with Gasteiger partial charge in [0.25, 0.3) is 0 Å². The van der Waals surface area contributed by atoms with Crippen LogP contribution in [-0.4, -0.2) is 27.4 Å². The van der Waals surface area contributed by atoms with E-state index in [2.05, 4.69) is 11.0 Å². The molecule has 2 aromatic carbocycles. The number of ether oxygens (including phenoxy) is 3. The van der Waals surface area contributed by atoms with Gasteiger partial charge in [-0.3, -0.25) is 0 Å². The highest BCUT2D eigenvalue weighted by Gasteiger charge is 2.16. The summed E-state index contributed by atoms with van der Waals surface area (Å²) in [6.45, 7) is 1.38. The van der Waals surface area contributed by atoms with Crippen molar-refractivity contribution in [1.29, 1.82) is 0 Å². The summed E-state index contributed by atoms with van der Waals surface area (Å²) < 4.78 is 17.2. The summed E-state index contributed by atoms with van der Waals surface area (Å²) in [5.74, 6) is 2.53. The molecule has 0 radical (unpaired) electrons. The number of benzene rings is 2. The van der Waals surface area contributed by atoms with Gasteiger partial charge in [0.15, 0.2) is 0 Å². The lowest BCUT2D eigenvalue weighted by molar-refractivity contribution is 0.268. The molecule has 4 heteroatoms. The van der Waals surface area contributed by atoms with Crippen LogP contribution in [0.15, 0.2) is 42.5 Å². The van der Waals surface area contributed by atoms with Crippen molar-refractivity contribution < 1.29 is 14.2 Å². The van der Waals surface area contributed by atoms with Gasteiger partial charge in [-0.15, -0.1) is 0 Å². The fraction of sp³-hybridized carbons (Fsp3) is 0.333. The average molecular weight is 299 g/mol. The van der Waals surface area contributed by atoms with Crippen molar-refractivity contribution in [3.63, 3.8) is 0 Å². The second-order valence-corrected chi connectivity index (χ2v) is 5.26. The van der Waals surface area contributed by atoms with Crippen molar-refractivity contribution in [1.82, 2.24) is 0 Å². The molecule has 0 spiro atoms. The van der Waals surface area contributed by atoms with E-state index in [1.165, 1.54) is 0 Å².